The first-order valence-corrected chi connectivity index (χ1v) is 3.65. The summed E-state index contributed by atoms with van der Waals surface area (Å²) in [5, 5.41) is 2.97. The Kier molecular flexibility index (Phi) is 7.18. The van der Waals surface area contributed by atoms with Gasteiger partial charge in [-0.05, 0) is 0 Å². The third-order valence-electron chi connectivity index (χ3n) is 0.751. The van der Waals surface area contributed by atoms with Gasteiger partial charge in [-0.1, -0.05) is 0 Å². The van der Waals surface area contributed by atoms with E-state index in [-0.39, 0.29) is 0 Å². The molecule has 0 aliphatic heterocycles. The standard InChI is InChI=1S/C5H7NOS.Cu.FH/c1-7-4-5-6-2-3-8-5;;/h2-3H,4H2,1H3;;1H/q;+1;/p-1. The van der Waals surface area contributed by atoms with E-state index in [1.165, 1.54) is 0 Å². The molecular formula is C5H7CuFNOS. The zero-order valence-corrected chi connectivity index (χ0v) is 7.06. The molecule has 1 rings (SSSR count). The average molecular weight is 212 g/mol. The molecule has 0 saturated carbocycles. The topological polar surface area (TPSA) is 22.1 Å². The summed E-state index contributed by atoms with van der Waals surface area (Å²) in [6, 6.07) is 0. The molecule has 1 aromatic rings. The Hall–Kier alpha value is 0.0395. The van der Waals surface area contributed by atoms with Gasteiger partial charge >= 0.3 is 20.0 Å². The summed E-state index contributed by atoms with van der Waals surface area (Å²) in [4.78, 5) is 4.00. The summed E-state index contributed by atoms with van der Waals surface area (Å²) in [5.41, 5.74) is 0. The second-order valence-corrected chi connectivity index (χ2v) is 2.34. The molecule has 0 saturated heterocycles. The number of hydrogen-bond donors (Lipinski definition) is 0. The number of nitrogens with zero attached hydrogens (tertiary/aromatic N) is 1. The number of methoxy groups -OCH3 is 1. The number of aromatic nitrogens is 1. The quantitative estimate of drug-likeness (QED) is 0.695. The molecule has 0 bridgehead atoms. The van der Waals surface area contributed by atoms with Crippen LogP contribution in [0.5, 0.6) is 0 Å². The van der Waals surface area contributed by atoms with Crippen LogP contribution in [0.25, 0.3) is 0 Å². The summed E-state index contributed by atoms with van der Waals surface area (Å²) in [6.45, 7) is 0.637. The van der Waals surface area contributed by atoms with Gasteiger partial charge in [-0.25, -0.2) is 4.98 Å². The van der Waals surface area contributed by atoms with E-state index < -0.39 is 0 Å². The molecular weight excluding hydrogens is 205 g/mol. The maximum atomic E-state index is 9.06. The fourth-order valence-electron chi connectivity index (χ4n) is 0.448. The maximum absolute atomic E-state index is 9.06. The number of rotatable bonds is 2. The van der Waals surface area contributed by atoms with Gasteiger partial charge in [0.05, 0.1) is 6.61 Å². The number of thiazole rings is 1. The van der Waals surface area contributed by atoms with Crippen molar-refractivity contribution in [3.8, 4) is 0 Å². The molecule has 0 unspecified atom stereocenters. The van der Waals surface area contributed by atoms with Gasteiger partial charge in [-0.2, -0.15) is 0 Å². The molecule has 5 heteroatoms. The summed E-state index contributed by atoms with van der Waals surface area (Å²) in [5.74, 6) is 0. The van der Waals surface area contributed by atoms with Crippen LogP contribution in [0.15, 0.2) is 11.6 Å². The Morgan fingerprint density at radius 1 is 1.80 bits per heavy atom. The van der Waals surface area contributed by atoms with Gasteiger partial charge in [0, 0.05) is 18.7 Å². The first-order valence-electron chi connectivity index (χ1n) is 2.42. The summed E-state index contributed by atoms with van der Waals surface area (Å²) >= 11 is 4.30. The normalized spacial score (nSPS) is 8.40. The van der Waals surface area contributed by atoms with E-state index in [0.717, 1.165) is 5.01 Å². The first kappa shape index (κ1) is 10.0. The van der Waals surface area contributed by atoms with E-state index in [1.807, 2.05) is 5.38 Å². The molecule has 0 aromatic carbocycles. The SMILES string of the molecule is COCc1nccs1.[F][Cu]. The van der Waals surface area contributed by atoms with E-state index >= 15 is 0 Å². The Morgan fingerprint density at radius 2 is 2.50 bits per heavy atom. The Labute approximate surface area is 71.7 Å². The van der Waals surface area contributed by atoms with E-state index in [0.29, 0.717) is 6.61 Å². The van der Waals surface area contributed by atoms with E-state index in [2.05, 4.69) is 21.5 Å². The predicted molar refractivity (Wildman–Crippen MR) is 33.9 cm³/mol. The van der Waals surface area contributed by atoms with Crippen LogP contribution in [-0.2, 0) is 27.8 Å². The van der Waals surface area contributed by atoms with E-state index in [1.54, 1.807) is 24.6 Å². The molecule has 0 aliphatic rings. The average Bonchev–Trinajstić information content (AvgIpc) is 2.46. The Balaban J connectivity index is 0.000000371. The van der Waals surface area contributed by atoms with Crippen molar-refractivity contribution < 1.29 is 24.8 Å². The Morgan fingerprint density at radius 3 is 2.90 bits per heavy atom. The molecule has 0 spiro atoms. The molecule has 10 heavy (non-hydrogen) atoms. The van der Waals surface area contributed by atoms with Gasteiger partial charge in [0.15, 0.2) is 0 Å². The van der Waals surface area contributed by atoms with Crippen molar-refractivity contribution in [2.75, 3.05) is 7.11 Å². The van der Waals surface area contributed by atoms with Crippen molar-refractivity contribution in [3.05, 3.63) is 16.6 Å². The number of halogens is 1. The van der Waals surface area contributed by atoms with Crippen molar-refractivity contribution in [1.29, 1.82) is 0 Å². The third-order valence-corrected chi connectivity index (χ3v) is 1.50. The van der Waals surface area contributed by atoms with Crippen LogP contribution in [0.2, 0.25) is 0 Å². The fourth-order valence-corrected chi connectivity index (χ4v) is 1.03. The minimum atomic E-state index is 0.637. The molecule has 1 aromatic heterocycles. The van der Waals surface area contributed by atoms with Crippen LogP contribution in [0.4, 0.5) is 3.55 Å². The molecule has 0 aliphatic carbocycles. The van der Waals surface area contributed by atoms with Crippen LogP contribution in [0.3, 0.4) is 0 Å². The summed E-state index contributed by atoms with van der Waals surface area (Å²) in [6.07, 6.45) is 1.78. The van der Waals surface area contributed by atoms with Gasteiger partial charge in [0.1, 0.15) is 5.01 Å². The molecule has 1 heterocycles. The van der Waals surface area contributed by atoms with Gasteiger partial charge in [-0.15, -0.1) is 11.3 Å². The molecule has 62 valence electrons. The molecule has 0 radical (unpaired) electrons. The zero-order valence-electron chi connectivity index (χ0n) is 5.30. The molecule has 2 nitrogen and oxygen atoms in total. The fraction of sp³-hybridized carbons (Fsp3) is 0.400. The van der Waals surface area contributed by atoms with Crippen LogP contribution >= 0.6 is 11.3 Å². The summed E-state index contributed by atoms with van der Waals surface area (Å²) in [7, 11) is 1.67. The molecule has 0 fully saturated rings. The molecule has 0 N–H and O–H groups in total. The monoisotopic (exact) mass is 211 g/mol. The van der Waals surface area contributed by atoms with Gasteiger partial charge < -0.3 is 4.74 Å². The van der Waals surface area contributed by atoms with Crippen LogP contribution in [0, 0.1) is 0 Å². The van der Waals surface area contributed by atoms with Crippen molar-refractivity contribution >= 4 is 11.3 Å². The van der Waals surface area contributed by atoms with Crippen LogP contribution in [0.1, 0.15) is 5.01 Å². The third kappa shape index (κ3) is 3.95. The van der Waals surface area contributed by atoms with Gasteiger partial charge in [0.25, 0.3) is 0 Å². The molecule has 0 amide bonds. The van der Waals surface area contributed by atoms with Gasteiger partial charge in [0.2, 0.25) is 0 Å². The van der Waals surface area contributed by atoms with Crippen molar-refractivity contribution in [1.82, 2.24) is 4.98 Å². The Bertz CT molecular complexity index is 147. The van der Waals surface area contributed by atoms with E-state index in [4.69, 9.17) is 8.29 Å². The van der Waals surface area contributed by atoms with Crippen LogP contribution < -0.4 is 0 Å². The number of hydrogen-bond acceptors (Lipinski definition) is 3. The van der Waals surface area contributed by atoms with Crippen LogP contribution in [-0.4, -0.2) is 12.1 Å². The molecule has 0 atom stereocenters. The van der Waals surface area contributed by atoms with E-state index in [9.17, 15) is 0 Å². The second-order valence-electron chi connectivity index (χ2n) is 1.36. The zero-order chi connectivity index (χ0) is 7.82. The first-order chi connectivity index (χ1) is 4.93. The second kappa shape index (κ2) is 7.15. The number of ether oxygens (including phenoxy) is 1. The van der Waals surface area contributed by atoms with Crippen molar-refractivity contribution in [2.45, 2.75) is 6.61 Å². The van der Waals surface area contributed by atoms with Crippen molar-refractivity contribution in [2.24, 2.45) is 0 Å². The summed E-state index contributed by atoms with van der Waals surface area (Å²) < 4.78 is 13.9. The predicted octanol–water partition coefficient (Wildman–Crippen LogP) is 1.71. The van der Waals surface area contributed by atoms with Gasteiger partial charge in [-0.3, -0.25) is 0 Å². The van der Waals surface area contributed by atoms with Crippen molar-refractivity contribution in [3.63, 3.8) is 0 Å². The minimum absolute atomic E-state index is 0.637.